The number of H-pyrrole nitrogens is 1. The smallest absolute Gasteiger partial charge is 0.236 e. The minimum absolute atomic E-state index is 0.00501. The van der Waals surface area contributed by atoms with E-state index < -0.39 is 5.41 Å². The Hall–Kier alpha value is -2.35. The summed E-state index contributed by atoms with van der Waals surface area (Å²) >= 11 is 1.33. The largest absolute Gasteiger partial charge is 0.341 e. The first-order valence-corrected chi connectivity index (χ1v) is 9.84. The average Bonchev–Trinajstić information content (AvgIpc) is 3.23. The highest BCUT2D eigenvalue weighted by Gasteiger charge is 2.49. The Bertz CT molecular complexity index is 852. The maximum atomic E-state index is 12.7. The number of rotatable bonds is 4. The van der Waals surface area contributed by atoms with Crippen molar-refractivity contribution in [3.63, 3.8) is 0 Å². The molecule has 2 aliphatic rings. The molecule has 1 fully saturated rings. The molecule has 26 heavy (non-hydrogen) atoms. The third-order valence-corrected chi connectivity index (χ3v) is 5.97. The van der Waals surface area contributed by atoms with Crippen molar-refractivity contribution in [1.29, 1.82) is 0 Å². The quantitative estimate of drug-likeness (QED) is 0.802. The van der Waals surface area contributed by atoms with Gasteiger partial charge in [0.05, 0.1) is 11.2 Å². The molecule has 1 atom stereocenters. The lowest BCUT2D eigenvalue weighted by Gasteiger charge is -2.39. The van der Waals surface area contributed by atoms with Gasteiger partial charge < -0.3 is 10.2 Å². The molecular formula is C18H21N5O2S. The number of para-hydroxylation sites is 1. The van der Waals surface area contributed by atoms with Gasteiger partial charge in [0.25, 0.3) is 0 Å². The van der Waals surface area contributed by atoms with Crippen LogP contribution < -0.4 is 5.32 Å². The number of amides is 2. The first kappa shape index (κ1) is 17.1. The fraction of sp³-hybridized carbons (Fsp3) is 0.444. The molecule has 1 saturated heterocycles. The van der Waals surface area contributed by atoms with Crippen LogP contribution in [0.5, 0.6) is 0 Å². The van der Waals surface area contributed by atoms with Gasteiger partial charge in [-0.2, -0.15) is 0 Å². The Morgan fingerprint density at radius 2 is 2.23 bits per heavy atom. The van der Waals surface area contributed by atoms with Crippen molar-refractivity contribution in [1.82, 2.24) is 20.1 Å². The summed E-state index contributed by atoms with van der Waals surface area (Å²) in [6.07, 6.45) is 2.37. The van der Waals surface area contributed by atoms with Crippen LogP contribution in [0.15, 0.2) is 29.4 Å². The third kappa shape index (κ3) is 2.88. The molecule has 2 aliphatic heterocycles. The van der Waals surface area contributed by atoms with Crippen molar-refractivity contribution < 1.29 is 9.59 Å². The number of benzene rings is 1. The number of hydrogen-bond donors (Lipinski definition) is 2. The molecular weight excluding hydrogens is 350 g/mol. The highest BCUT2D eigenvalue weighted by Crippen LogP contribution is 2.43. The van der Waals surface area contributed by atoms with Crippen molar-refractivity contribution in [2.75, 3.05) is 24.2 Å². The Labute approximate surface area is 155 Å². The molecule has 0 saturated carbocycles. The van der Waals surface area contributed by atoms with Gasteiger partial charge >= 0.3 is 0 Å². The van der Waals surface area contributed by atoms with Crippen molar-refractivity contribution in [2.24, 2.45) is 0 Å². The van der Waals surface area contributed by atoms with Crippen molar-refractivity contribution in [3.8, 4) is 0 Å². The van der Waals surface area contributed by atoms with Gasteiger partial charge in [-0.25, -0.2) is 4.98 Å². The first-order chi connectivity index (χ1) is 12.6. The topological polar surface area (TPSA) is 91.0 Å². The van der Waals surface area contributed by atoms with Crippen LogP contribution in [-0.2, 0) is 21.4 Å². The molecule has 1 aromatic heterocycles. The highest BCUT2D eigenvalue weighted by molar-refractivity contribution is 7.99. The summed E-state index contributed by atoms with van der Waals surface area (Å²) < 4.78 is 0. The summed E-state index contributed by atoms with van der Waals surface area (Å²) in [5.41, 5.74) is 1.26. The summed E-state index contributed by atoms with van der Waals surface area (Å²) in [6.45, 7) is 3.12. The van der Waals surface area contributed by atoms with Gasteiger partial charge in [-0.15, -0.1) is 5.10 Å². The summed E-state index contributed by atoms with van der Waals surface area (Å²) in [5.74, 6) is 1.12. The molecule has 0 bridgehead atoms. The summed E-state index contributed by atoms with van der Waals surface area (Å²) in [7, 11) is 0. The van der Waals surface area contributed by atoms with Crippen LogP contribution in [-0.4, -0.2) is 50.7 Å². The van der Waals surface area contributed by atoms with Gasteiger partial charge in [0, 0.05) is 25.2 Å². The zero-order chi connectivity index (χ0) is 18.1. The molecule has 2 aromatic rings. The number of carbonyl (C=O) groups excluding carboxylic acids is 2. The van der Waals surface area contributed by atoms with E-state index >= 15 is 0 Å². The van der Waals surface area contributed by atoms with Crippen LogP contribution >= 0.6 is 11.8 Å². The van der Waals surface area contributed by atoms with E-state index in [2.05, 4.69) is 20.5 Å². The second-order valence-electron chi connectivity index (χ2n) is 6.71. The van der Waals surface area contributed by atoms with Crippen LogP contribution in [0.25, 0.3) is 0 Å². The average molecular weight is 371 g/mol. The monoisotopic (exact) mass is 371 g/mol. The van der Waals surface area contributed by atoms with E-state index in [0.29, 0.717) is 18.2 Å². The molecule has 0 aliphatic carbocycles. The normalized spacial score (nSPS) is 21.7. The number of carbonyl (C=O) groups is 2. The van der Waals surface area contributed by atoms with Gasteiger partial charge in [0.1, 0.15) is 5.82 Å². The number of likely N-dealkylation sites (tertiary alicyclic amines) is 1. The fourth-order valence-electron chi connectivity index (χ4n) is 3.77. The Kier molecular flexibility index (Phi) is 4.44. The van der Waals surface area contributed by atoms with Gasteiger partial charge in [-0.1, -0.05) is 36.9 Å². The lowest BCUT2D eigenvalue weighted by atomic mass is 9.75. The highest BCUT2D eigenvalue weighted by atomic mass is 32.2. The van der Waals surface area contributed by atoms with Gasteiger partial charge in [-0.3, -0.25) is 14.7 Å². The summed E-state index contributed by atoms with van der Waals surface area (Å²) in [4.78, 5) is 31.6. The van der Waals surface area contributed by atoms with Crippen LogP contribution in [0, 0.1) is 0 Å². The molecule has 8 heteroatoms. The minimum Gasteiger partial charge on any atom is -0.341 e. The molecule has 7 nitrogen and oxygen atoms in total. The predicted octanol–water partition coefficient (Wildman–Crippen LogP) is 1.97. The van der Waals surface area contributed by atoms with E-state index in [1.165, 1.54) is 11.8 Å². The number of piperidine rings is 1. The lowest BCUT2D eigenvalue weighted by molar-refractivity contribution is -0.133. The zero-order valence-corrected chi connectivity index (χ0v) is 15.4. The van der Waals surface area contributed by atoms with Crippen molar-refractivity contribution in [2.45, 2.75) is 36.8 Å². The second-order valence-corrected chi connectivity index (χ2v) is 7.65. The number of aromatic nitrogens is 3. The maximum absolute atomic E-state index is 12.7. The van der Waals surface area contributed by atoms with Gasteiger partial charge in [-0.05, 0) is 24.5 Å². The van der Waals surface area contributed by atoms with Gasteiger partial charge in [0.15, 0.2) is 0 Å². The number of nitrogens with zero attached hydrogens (tertiary/aromatic N) is 3. The summed E-state index contributed by atoms with van der Waals surface area (Å²) in [5, 5.41) is 10.5. The summed E-state index contributed by atoms with van der Waals surface area (Å²) in [6, 6.07) is 7.79. The number of aromatic amines is 1. The number of fused-ring (bicyclic) bond motifs is 2. The Morgan fingerprint density at radius 3 is 3.04 bits per heavy atom. The number of thioether (sulfide) groups is 1. The molecule has 4 rings (SSSR count). The first-order valence-electron chi connectivity index (χ1n) is 8.85. The lowest BCUT2D eigenvalue weighted by Crippen LogP contribution is -2.52. The Balaban J connectivity index is 1.47. The molecule has 0 radical (unpaired) electrons. The minimum atomic E-state index is -0.616. The standard InChI is InChI=1S/C18H21N5O2S/c1-2-14-20-17(22-21-14)26-10-15(24)23-9-5-8-18(11-23)12-6-3-4-7-13(12)19-16(18)25/h3-4,6-7H,2,5,8-11H2,1H3,(H,19,25)(H,20,21,22)/t18-/m0/s1. The molecule has 0 unspecified atom stereocenters. The number of nitrogens with one attached hydrogen (secondary N) is 2. The predicted molar refractivity (Wildman–Crippen MR) is 99.0 cm³/mol. The van der Waals surface area contributed by atoms with Gasteiger partial charge in [0.2, 0.25) is 17.0 Å². The maximum Gasteiger partial charge on any atom is 0.236 e. The van der Waals surface area contributed by atoms with E-state index in [-0.39, 0.29) is 17.6 Å². The van der Waals surface area contributed by atoms with Crippen molar-refractivity contribution >= 4 is 29.3 Å². The number of hydrogen-bond acceptors (Lipinski definition) is 5. The van der Waals surface area contributed by atoms with Crippen LogP contribution in [0.4, 0.5) is 5.69 Å². The van der Waals surface area contributed by atoms with E-state index in [1.807, 2.05) is 36.1 Å². The van der Waals surface area contributed by atoms with Crippen LogP contribution in [0.2, 0.25) is 0 Å². The van der Waals surface area contributed by atoms with E-state index in [4.69, 9.17) is 0 Å². The Morgan fingerprint density at radius 1 is 1.38 bits per heavy atom. The SMILES string of the molecule is CCc1nc(SCC(=O)N2CCC[C@@]3(C2)C(=O)Nc2ccccc23)n[nH]1. The molecule has 3 heterocycles. The molecule has 2 N–H and O–H groups in total. The van der Waals surface area contributed by atoms with E-state index in [9.17, 15) is 9.59 Å². The molecule has 136 valence electrons. The van der Waals surface area contributed by atoms with Crippen molar-refractivity contribution in [3.05, 3.63) is 35.7 Å². The number of anilines is 1. The number of aryl methyl sites for hydroxylation is 1. The van der Waals surface area contributed by atoms with Crippen LogP contribution in [0.3, 0.4) is 0 Å². The fourth-order valence-corrected chi connectivity index (χ4v) is 4.49. The molecule has 2 amide bonds. The zero-order valence-electron chi connectivity index (χ0n) is 14.6. The molecule has 1 aromatic carbocycles. The van der Waals surface area contributed by atoms with E-state index in [0.717, 1.165) is 36.3 Å². The third-order valence-electron chi connectivity index (χ3n) is 5.14. The second kappa shape index (κ2) is 6.75. The van der Waals surface area contributed by atoms with Crippen LogP contribution in [0.1, 0.15) is 31.2 Å². The molecule has 1 spiro atoms. The van der Waals surface area contributed by atoms with E-state index in [1.54, 1.807) is 0 Å².